The van der Waals surface area contributed by atoms with Crippen molar-refractivity contribution < 1.29 is 10.2 Å². The van der Waals surface area contributed by atoms with E-state index in [2.05, 4.69) is 6.92 Å². The first-order valence-electron chi connectivity index (χ1n) is 4.26. The van der Waals surface area contributed by atoms with Crippen LogP contribution in [0.3, 0.4) is 0 Å². The molecule has 0 aromatic carbocycles. The first-order chi connectivity index (χ1) is 4.81. The summed E-state index contributed by atoms with van der Waals surface area (Å²) in [5.74, 6) is -1.55. The molecule has 0 rings (SSSR count). The number of unbranched alkanes of at least 4 members (excludes halogenated alkanes) is 1. The fourth-order valence-electron chi connectivity index (χ4n) is 0.856. The van der Waals surface area contributed by atoms with Crippen molar-refractivity contribution in [2.45, 2.75) is 44.1 Å². The van der Waals surface area contributed by atoms with Gasteiger partial charge in [0.1, 0.15) is 15.7 Å². The second-order valence-electron chi connectivity index (χ2n) is 4.01. The molecule has 0 aromatic heterocycles. The standard InChI is InChI=1S/C7H18B2O2/c1-3-4-5-7(8,9)6(2,10)11/h10-11H,3-5,8-9H2,1-2H3. The van der Waals surface area contributed by atoms with E-state index in [-0.39, 0.29) is 0 Å². The van der Waals surface area contributed by atoms with Crippen LogP contribution < -0.4 is 0 Å². The Morgan fingerprint density at radius 2 is 1.73 bits per heavy atom. The lowest BCUT2D eigenvalue weighted by Crippen LogP contribution is -2.41. The van der Waals surface area contributed by atoms with Crippen LogP contribution in [0.5, 0.6) is 0 Å². The highest BCUT2D eigenvalue weighted by Crippen LogP contribution is 2.34. The third-order valence-electron chi connectivity index (χ3n) is 2.44. The molecule has 0 saturated carbocycles. The Labute approximate surface area is 70.8 Å². The van der Waals surface area contributed by atoms with E-state index in [9.17, 15) is 10.2 Å². The molecule has 0 aliphatic rings. The predicted molar refractivity (Wildman–Crippen MR) is 52.1 cm³/mol. The Bertz CT molecular complexity index is 118. The maximum absolute atomic E-state index is 9.33. The van der Waals surface area contributed by atoms with Gasteiger partial charge in [-0.3, -0.25) is 0 Å². The molecule has 4 heteroatoms. The first-order valence-corrected chi connectivity index (χ1v) is 4.26. The van der Waals surface area contributed by atoms with Gasteiger partial charge in [0, 0.05) is 0 Å². The maximum atomic E-state index is 9.33. The Kier molecular flexibility index (Phi) is 3.65. The Hall–Kier alpha value is 0.0499. The highest BCUT2D eigenvalue weighted by Gasteiger charge is 2.35. The van der Waals surface area contributed by atoms with Crippen LogP contribution in [-0.4, -0.2) is 31.7 Å². The van der Waals surface area contributed by atoms with E-state index < -0.39 is 11.0 Å². The molecule has 0 radical (unpaired) electrons. The van der Waals surface area contributed by atoms with Crippen LogP contribution in [-0.2, 0) is 0 Å². The lowest BCUT2D eigenvalue weighted by Gasteiger charge is -2.35. The molecule has 0 aliphatic heterocycles. The third kappa shape index (κ3) is 3.30. The van der Waals surface area contributed by atoms with Crippen LogP contribution in [0.25, 0.3) is 0 Å². The molecule has 0 atom stereocenters. The van der Waals surface area contributed by atoms with E-state index in [1.807, 2.05) is 15.7 Å². The normalized spacial score (nSPS) is 13.5. The number of aliphatic hydroxyl groups is 2. The van der Waals surface area contributed by atoms with Crippen LogP contribution in [0.2, 0.25) is 5.21 Å². The molecule has 0 heterocycles. The zero-order valence-corrected chi connectivity index (χ0v) is 8.02. The highest BCUT2D eigenvalue weighted by molar-refractivity contribution is 6.40. The van der Waals surface area contributed by atoms with E-state index in [0.717, 1.165) is 19.3 Å². The fourth-order valence-corrected chi connectivity index (χ4v) is 0.856. The predicted octanol–water partition coefficient (Wildman–Crippen LogP) is -0.740. The third-order valence-corrected chi connectivity index (χ3v) is 2.44. The van der Waals surface area contributed by atoms with Gasteiger partial charge in [0.15, 0.2) is 5.79 Å². The number of rotatable bonds is 4. The number of hydrogen-bond donors (Lipinski definition) is 2. The van der Waals surface area contributed by atoms with Gasteiger partial charge in [-0.2, -0.15) is 0 Å². The molecular formula is C7H18B2O2. The van der Waals surface area contributed by atoms with E-state index >= 15 is 0 Å². The van der Waals surface area contributed by atoms with Crippen molar-refractivity contribution in [3.05, 3.63) is 0 Å². The Morgan fingerprint density at radius 3 is 2.00 bits per heavy atom. The van der Waals surface area contributed by atoms with Gasteiger partial charge in [-0.25, -0.2) is 0 Å². The van der Waals surface area contributed by atoms with Crippen molar-refractivity contribution in [2.75, 3.05) is 0 Å². The van der Waals surface area contributed by atoms with Crippen molar-refractivity contribution >= 4 is 15.7 Å². The second kappa shape index (κ2) is 3.63. The van der Waals surface area contributed by atoms with Crippen LogP contribution in [0.1, 0.15) is 33.1 Å². The van der Waals surface area contributed by atoms with Gasteiger partial charge < -0.3 is 10.2 Å². The summed E-state index contributed by atoms with van der Waals surface area (Å²) < 4.78 is 0. The maximum Gasteiger partial charge on any atom is 0.151 e. The quantitative estimate of drug-likeness (QED) is 0.415. The lowest BCUT2D eigenvalue weighted by molar-refractivity contribution is -0.159. The summed E-state index contributed by atoms with van der Waals surface area (Å²) in [5.41, 5.74) is 0. The van der Waals surface area contributed by atoms with Crippen LogP contribution in [0, 0.1) is 0 Å². The van der Waals surface area contributed by atoms with Crippen LogP contribution >= 0.6 is 0 Å². The van der Waals surface area contributed by atoms with Crippen molar-refractivity contribution in [3.8, 4) is 0 Å². The molecule has 0 saturated heterocycles. The Balaban J connectivity index is 4.00. The summed E-state index contributed by atoms with van der Waals surface area (Å²) in [6, 6.07) is 0. The minimum atomic E-state index is -1.55. The summed E-state index contributed by atoms with van der Waals surface area (Å²) in [4.78, 5) is 0. The first kappa shape index (κ1) is 11.0. The summed E-state index contributed by atoms with van der Waals surface area (Å²) in [6.45, 7) is 3.55. The summed E-state index contributed by atoms with van der Waals surface area (Å²) in [7, 11) is 3.76. The van der Waals surface area contributed by atoms with Crippen LogP contribution in [0.15, 0.2) is 0 Å². The van der Waals surface area contributed by atoms with E-state index in [1.165, 1.54) is 6.92 Å². The minimum Gasteiger partial charge on any atom is -0.367 e. The van der Waals surface area contributed by atoms with Gasteiger partial charge >= 0.3 is 0 Å². The lowest BCUT2D eigenvalue weighted by atomic mass is 9.48. The topological polar surface area (TPSA) is 40.5 Å². The molecule has 0 spiro atoms. The molecule has 0 fully saturated rings. The molecule has 11 heavy (non-hydrogen) atoms. The van der Waals surface area contributed by atoms with E-state index in [1.54, 1.807) is 0 Å². The fraction of sp³-hybridized carbons (Fsp3) is 1.00. The highest BCUT2D eigenvalue weighted by atomic mass is 16.5. The number of hydrogen-bond acceptors (Lipinski definition) is 2. The van der Waals surface area contributed by atoms with Gasteiger partial charge in [0.2, 0.25) is 0 Å². The molecule has 0 bridgehead atoms. The summed E-state index contributed by atoms with van der Waals surface area (Å²) in [6.07, 6.45) is 3.00. The smallest absolute Gasteiger partial charge is 0.151 e. The average molecular weight is 156 g/mol. The zero-order valence-electron chi connectivity index (χ0n) is 8.02. The molecule has 2 nitrogen and oxygen atoms in total. The summed E-state index contributed by atoms with van der Waals surface area (Å²) >= 11 is 0. The van der Waals surface area contributed by atoms with Gasteiger partial charge in [-0.1, -0.05) is 26.2 Å². The van der Waals surface area contributed by atoms with Gasteiger partial charge in [-0.05, 0) is 12.1 Å². The minimum absolute atomic E-state index is 0.400. The molecule has 0 aromatic rings. The van der Waals surface area contributed by atoms with Crippen molar-refractivity contribution in [1.82, 2.24) is 0 Å². The van der Waals surface area contributed by atoms with Crippen molar-refractivity contribution in [3.63, 3.8) is 0 Å². The molecule has 0 unspecified atom stereocenters. The molecule has 0 amide bonds. The second-order valence-corrected chi connectivity index (χ2v) is 4.01. The van der Waals surface area contributed by atoms with Gasteiger partial charge in [-0.15, -0.1) is 0 Å². The monoisotopic (exact) mass is 156 g/mol. The van der Waals surface area contributed by atoms with Crippen molar-refractivity contribution in [2.24, 2.45) is 0 Å². The average Bonchev–Trinajstić information content (AvgIpc) is 1.81. The Morgan fingerprint density at radius 1 is 1.27 bits per heavy atom. The van der Waals surface area contributed by atoms with Gasteiger partial charge in [0.25, 0.3) is 0 Å². The molecule has 0 aliphatic carbocycles. The van der Waals surface area contributed by atoms with E-state index in [4.69, 9.17) is 0 Å². The molecule has 64 valence electrons. The SMILES string of the molecule is BC(B)(CCCC)C(C)(O)O. The largest absolute Gasteiger partial charge is 0.367 e. The van der Waals surface area contributed by atoms with E-state index in [0.29, 0.717) is 0 Å². The zero-order chi connectivity index (χ0) is 9.12. The molecule has 2 N–H and O–H groups in total. The summed E-state index contributed by atoms with van der Waals surface area (Å²) in [5, 5.41) is 18.3. The van der Waals surface area contributed by atoms with Crippen LogP contribution in [0.4, 0.5) is 0 Å². The van der Waals surface area contributed by atoms with Gasteiger partial charge in [0.05, 0.1) is 0 Å². The molecular weight excluding hydrogens is 138 g/mol. The van der Waals surface area contributed by atoms with Crippen molar-refractivity contribution in [1.29, 1.82) is 0 Å².